The zero-order valence-electron chi connectivity index (χ0n) is 21.6. The smallest absolute Gasteiger partial charge is 0.318 e. The number of amides is 3. The minimum Gasteiger partial charge on any atom is -0.338 e. The molecule has 0 spiro atoms. The highest BCUT2D eigenvalue weighted by molar-refractivity contribution is 5.87. The second-order valence-electron chi connectivity index (χ2n) is 10.2. The van der Waals surface area contributed by atoms with Crippen LogP contribution in [0.4, 0.5) is 13.6 Å². The molecule has 2 aromatic carbocycles. The van der Waals surface area contributed by atoms with Crippen molar-refractivity contribution in [1.29, 1.82) is 0 Å². The highest BCUT2D eigenvalue weighted by Gasteiger charge is 2.33. The third-order valence-electron chi connectivity index (χ3n) is 7.07. The second kappa shape index (κ2) is 12.5. The molecule has 0 bridgehead atoms. The van der Waals surface area contributed by atoms with E-state index < -0.39 is 6.04 Å². The van der Waals surface area contributed by atoms with Gasteiger partial charge in [-0.25, -0.2) is 13.6 Å². The van der Waals surface area contributed by atoms with E-state index in [1.54, 1.807) is 29.2 Å². The van der Waals surface area contributed by atoms with Crippen molar-refractivity contribution in [1.82, 2.24) is 25.3 Å². The second-order valence-corrected chi connectivity index (χ2v) is 10.2. The van der Waals surface area contributed by atoms with E-state index in [0.29, 0.717) is 45.7 Å². The van der Waals surface area contributed by atoms with Crippen LogP contribution in [0, 0.1) is 17.6 Å². The van der Waals surface area contributed by atoms with Crippen LogP contribution in [0.3, 0.4) is 0 Å². The summed E-state index contributed by atoms with van der Waals surface area (Å²) in [5.74, 6) is -0.427. The Morgan fingerprint density at radius 3 is 1.81 bits per heavy atom. The monoisotopic (exact) mass is 513 g/mol. The molecule has 0 aromatic heterocycles. The summed E-state index contributed by atoms with van der Waals surface area (Å²) in [4.78, 5) is 32.2. The summed E-state index contributed by atoms with van der Waals surface area (Å²) in [5.41, 5.74) is 1.82. The van der Waals surface area contributed by atoms with Gasteiger partial charge in [-0.1, -0.05) is 38.1 Å². The summed E-state index contributed by atoms with van der Waals surface area (Å²) in [6.45, 7) is 9.07. The average Bonchev–Trinajstić information content (AvgIpc) is 2.91. The normalized spacial score (nSPS) is 17.8. The Morgan fingerprint density at radius 1 is 0.811 bits per heavy atom. The van der Waals surface area contributed by atoms with Crippen LogP contribution in [0.1, 0.15) is 37.4 Å². The van der Waals surface area contributed by atoms with Crippen LogP contribution in [0.5, 0.6) is 0 Å². The molecule has 2 aliphatic rings. The van der Waals surface area contributed by atoms with Crippen LogP contribution in [0.2, 0.25) is 0 Å². The van der Waals surface area contributed by atoms with E-state index >= 15 is 0 Å². The number of hydrogen-bond donors (Lipinski definition) is 2. The Hall–Kier alpha value is -3.04. The van der Waals surface area contributed by atoms with E-state index in [1.165, 1.54) is 24.3 Å². The fourth-order valence-corrected chi connectivity index (χ4v) is 5.13. The summed E-state index contributed by atoms with van der Waals surface area (Å²) in [6, 6.07) is 11.8. The fraction of sp³-hybridized carbons (Fsp3) is 0.500. The Bertz CT molecular complexity index is 988. The number of carbonyl (C=O) groups is 2. The van der Waals surface area contributed by atoms with Crippen LogP contribution in [0.25, 0.3) is 0 Å². The maximum atomic E-state index is 13.6. The van der Waals surface area contributed by atoms with Crippen molar-refractivity contribution in [3.8, 4) is 0 Å². The molecule has 3 amide bonds. The maximum Gasteiger partial charge on any atom is 0.318 e. The molecule has 2 saturated heterocycles. The van der Waals surface area contributed by atoms with Gasteiger partial charge in [-0.2, -0.15) is 0 Å². The van der Waals surface area contributed by atoms with Crippen LogP contribution < -0.4 is 10.6 Å². The molecule has 37 heavy (non-hydrogen) atoms. The molecule has 1 atom stereocenters. The first-order valence-corrected chi connectivity index (χ1v) is 13.1. The molecule has 2 aliphatic heterocycles. The summed E-state index contributed by atoms with van der Waals surface area (Å²) >= 11 is 0. The first-order chi connectivity index (χ1) is 17.8. The number of nitrogens with zero attached hydrogens (tertiary/aromatic N) is 3. The zero-order valence-corrected chi connectivity index (χ0v) is 21.6. The molecular weight excluding hydrogens is 476 g/mol. The minimum atomic E-state index is -0.570. The summed E-state index contributed by atoms with van der Waals surface area (Å²) < 4.78 is 27.2. The number of carbonyl (C=O) groups excluding carboxylic acids is 2. The topological polar surface area (TPSA) is 67.9 Å². The van der Waals surface area contributed by atoms with E-state index in [2.05, 4.69) is 15.5 Å². The zero-order chi connectivity index (χ0) is 26.4. The number of rotatable bonds is 7. The van der Waals surface area contributed by atoms with E-state index in [1.807, 2.05) is 18.7 Å². The van der Waals surface area contributed by atoms with Crippen molar-refractivity contribution < 1.29 is 18.4 Å². The van der Waals surface area contributed by atoms with Crippen molar-refractivity contribution in [2.24, 2.45) is 5.92 Å². The van der Waals surface area contributed by atoms with Crippen molar-refractivity contribution in [2.45, 2.75) is 32.4 Å². The molecular formula is C28H37F2N5O2. The largest absolute Gasteiger partial charge is 0.338 e. The average molecular weight is 514 g/mol. The van der Waals surface area contributed by atoms with Gasteiger partial charge in [0.2, 0.25) is 5.91 Å². The lowest BCUT2D eigenvalue weighted by Crippen LogP contribution is -2.58. The predicted molar refractivity (Wildman–Crippen MR) is 139 cm³/mol. The lowest BCUT2D eigenvalue weighted by molar-refractivity contribution is -0.135. The Morgan fingerprint density at radius 2 is 1.32 bits per heavy atom. The maximum absolute atomic E-state index is 13.6. The van der Waals surface area contributed by atoms with Crippen LogP contribution in [0.15, 0.2) is 48.5 Å². The summed E-state index contributed by atoms with van der Waals surface area (Å²) in [7, 11) is 0. The van der Waals surface area contributed by atoms with Gasteiger partial charge in [0.1, 0.15) is 17.7 Å². The van der Waals surface area contributed by atoms with Crippen LogP contribution in [-0.4, -0.2) is 85.0 Å². The van der Waals surface area contributed by atoms with Gasteiger partial charge in [-0.3, -0.25) is 9.69 Å². The summed E-state index contributed by atoms with van der Waals surface area (Å²) in [5, 5.41) is 6.23. The molecule has 7 nitrogen and oxygen atoms in total. The molecule has 2 aromatic rings. The molecule has 4 rings (SSSR count). The van der Waals surface area contributed by atoms with Gasteiger partial charge in [0.25, 0.3) is 0 Å². The summed E-state index contributed by atoms with van der Waals surface area (Å²) in [6.07, 6.45) is 0.574. The number of halogens is 2. The van der Waals surface area contributed by atoms with Gasteiger partial charge >= 0.3 is 6.03 Å². The lowest BCUT2D eigenvalue weighted by Gasteiger charge is -2.41. The molecule has 0 radical (unpaired) electrons. The number of nitrogens with one attached hydrogen (secondary N) is 2. The molecule has 0 aliphatic carbocycles. The molecule has 9 heteroatoms. The van der Waals surface area contributed by atoms with Crippen molar-refractivity contribution in [3.05, 3.63) is 71.3 Å². The van der Waals surface area contributed by atoms with Crippen molar-refractivity contribution in [2.75, 3.05) is 52.4 Å². The highest BCUT2D eigenvalue weighted by atomic mass is 19.1. The van der Waals surface area contributed by atoms with Crippen LogP contribution in [-0.2, 0) is 4.79 Å². The number of urea groups is 1. The number of piperazine rings is 2. The lowest BCUT2D eigenvalue weighted by atomic mass is 9.96. The van der Waals surface area contributed by atoms with Gasteiger partial charge in [-0.15, -0.1) is 0 Å². The van der Waals surface area contributed by atoms with E-state index in [4.69, 9.17) is 0 Å². The molecule has 0 unspecified atom stereocenters. The van der Waals surface area contributed by atoms with Crippen molar-refractivity contribution >= 4 is 11.9 Å². The quantitative estimate of drug-likeness (QED) is 0.597. The van der Waals surface area contributed by atoms with Crippen LogP contribution >= 0.6 is 0 Å². The fourth-order valence-electron chi connectivity index (χ4n) is 5.13. The van der Waals surface area contributed by atoms with Gasteiger partial charge in [-0.05, 0) is 47.7 Å². The van der Waals surface area contributed by atoms with Gasteiger partial charge in [0.05, 0.1) is 6.04 Å². The number of hydrogen-bond acceptors (Lipinski definition) is 4. The van der Waals surface area contributed by atoms with Gasteiger partial charge < -0.3 is 20.4 Å². The van der Waals surface area contributed by atoms with E-state index in [-0.39, 0.29) is 35.5 Å². The first kappa shape index (κ1) is 27.0. The molecule has 2 fully saturated rings. The molecule has 2 heterocycles. The van der Waals surface area contributed by atoms with E-state index in [9.17, 15) is 18.4 Å². The van der Waals surface area contributed by atoms with Gasteiger partial charge in [0.15, 0.2) is 0 Å². The Labute approximate surface area is 217 Å². The predicted octanol–water partition coefficient (Wildman–Crippen LogP) is 3.23. The minimum absolute atomic E-state index is 0.0584. The first-order valence-electron chi connectivity index (χ1n) is 13.1. The molecule has 200 valence electrons. The Kier molecular flexibility index (Phi) is 9.10. The SMILES string of the molecule is CC(C)C[C@@H](NC(=O)N1CCNCC1)C(=O)N1CCN(C(c2ccc(F)cc2)c2ccc(F)cc2)CC1. The molecule has 0 saturated carbocycles. The highest BCUT2D eigenvalue weighted by Crippen LogP contribution is 2.30. The van der Waals surface area contributed by atoms with E-state index in [0.717, 1.165) is 24.2 Å². The molecule has 2 N–H and O–H groups in total. The van der Waals surface area contributed by atoms with Crippen molar-refractivity contribution in [3.63, 3.8) is 0 Å². The third kappa shape index (κ3) is 7.05. The standard InChI is InChI=1S/C28H37F2N5O2/c1-20(2)19-25(32-28(37)35-13-11-31-12-14-35)27(36)34-17-15-33(16-18-34)26(21-3-7-23(29)8-4-21)22-5-9-24(30)10-6-22/h3-10,20,25-26,31H,11-19H2,1-2H3,(H,32,37)/t25-/m1/s1. The number of benzene rings is 2. The Balaban J connectivity index is 1.44. The third-order valence-corrected chi connectivity index (χ3v) is 7.07. The van der Waals surface area contributed by atoms with Gasteiger partial charge in [0, 0.05) is 52.4 Å².